The molecule has 1 N–H and O–H groups in total. The number of hydrogen-bond donors (Lipinski definition) is 1. The van der Waals surface area contributed by atoms with E-state index >= 15 is 0 Å². The van der Waals surface area contributed by atoms with E-state index in [4.69, 9.17) is 0 Å². The average Bonchev–Trinajstić information content (AvgIpc) is 2.38. The largest absolute Gasteiger partial charge is 0.366 e. The van der Waals surface area contributed by atoms with Crippen molar-refractivity contribution in [2.75, 3.05) is 5.32 Å². The van der Waals surface area contributed by atoms with Gasteiger partial charge in [0.2, 0.25) is 0 Å². The summed E-state index contributed by atoms with van der Waals surface area (Å²) in [7, 11) is 0. The van der Waals surface area contributed by atoms with Gasteiger partial charge in [-0.15, -0.1) is 0 Å². The Labute approximate surface area is 114 Å². The second-order valence-corrected chi connectivity index (χ2v) is 4.75. The molecule has 100 valence electrons. The maximum Gasteiger partial charge on any atom is 0.133 e. The minimum Gasteiger partial charge on any atom is -0.366 e. The summed E-state index contributed by atoms with van der Waals surface area (Å²) in [5, 5.41) is 3.39. The molecule has 2 heterocycles. The van der Waals surface area contributed by atoms with Gasteiger partial charge in [-0.2, -0.15) is 0 Å². The Balaban J connectivity index is 2.16. The zero-order chi connectivity index (χ0) is 13.8. The van der Waals surface area contributed by atoms with Crippen molar-refractivity contribution in [2.24, 2.45) is 0 Å². The van der Waals surface area contributed by atoms with Crippen LogP contribution in [0.2, 0.25) is 0 Å². The summed E-state index contributed by atoms with van der Waals surface area (Å²) in [5.74, 6) is 1.72. The topological polar surface area (TPSA) is 50.7 Å². The molecule has 0 aromatic carbocycles. The molecule has 0 atom stereocenters. The standard InChI is InChI=1S/C15H20N4/c1-5-13-7-17-12(4)19-15(13)18-9-14-8-16-11(3)6-10(14)2/h6-8H,5,9H2,1-4H3,(H,17,18,19). The van der Waals surface area contributed by atoms with Crippen LogP contribution in [0.5, 0.6) is 0 Å². The number of aromatic nitrogens is 3. The smallest absolute Gasteiger partial charge is 0.133 e. The Hall–Kier alpha value is -1.97. The van der Waals surface area contributed by atoms with Crippen molar-refractivity contribution in [3.63, 3.8) is 0 Å². The van der Waals surface area contributed by atoms with Gasteiger partial charge < -0.3 is 5.32 Å². The van der Waals surface area contributed by atoms with Gasteiger partial charge >= 0.3 is 0 Å². The van der Waals surface area contributed by atoms with Crippen LogP contribution in [0.15, 0.2) is 18.5 Å². The van der Waals surface area contributed by atoms with Crippen molar-refractivity contribution >= 4 is 5.82 Å². The van der Waals surface area contributed by atoms with Crippen molar-refractivity contribution in [1.82, 2.24) is 15.0 Å². The highest BCUT2D eigenvalue weighted by Gasteiger charge is 2.05. The molecule has 19 heavy (non-hydrogen) atoms. The minimum absolute atomic E-state index is 0.739. The molecular formula is C15H20N4. The first-order valence-electron chi connectivity index (χ1n) is 6.58. The van der Waals surface area contributed by atoms with Crippen molar-refractivity contribution in [1.29, 1.82) is 0 Å². The fourth-order valence-corrected chi connectivity index (χ4v) is 2.00. The normalized spacial score (nSPS) is 10.5. The van der Waals surface area contributed by atoms with E-state index in [0.29, 0.717) is 0 Å². The summed E-state index contributed by atoms with van der Waals surface area (Å²) in [6, 6.07) is 2.10. The Morgan fingerprint density at radius 2 is 1.79 bits per heavy atom. The first kappa shape index (κ1) is 13.5. The second kappa shape index (κ2) is 5.78. The van der Waals surface area contributed by atoms with Gasteiger partial charge in [0, 0.05) is 30.2 Å². The highest BCUT2D eigenvalue weighted by molar-refractivity contribution is 5.44. The maximum atomic E-state index is 4.46. The lowest BCUT2D eigenvalue weighted by molar-refractivity contribution is 0.962. The van der Waals surface area contributed by atoms with E-state index in [1.54, 1.807) is 0 Å². The van der Waals surface area contributed by atoms with E-state index < -0.39 is 0 Å². The van der Waals surface area contributed by atoms with Crippen LogP contribution < -0.4 is 5.32 Å². The van der Waals surface area contributed by atoms with Crippen LogP contribution >= 0.6 is 0 Å². The maximum absolute atomic E-state index is 4.46. The van der Waals surface area contributed by atoms with Crippen molar-refractivity contribution in [2.45, 2.75) is 40.7 Å². The number of hydrogen-bond acceptors (Lipinski definition) is 4. The van der Waals surface area contributed by atoms with Gasteiger partial charge in [0.15, 0.2) is 0 Å². The van der Waals surface area contributed by atoms with E-state index in [2.05, 4.69) is 40.2 Å². The van der Waals surface area contributed by atoms with Crippen LogP contribution in [0, 0.1) is 20.8 Å². The Bertz CT molecular complexity index is 578. The summed E-state index contributed by atoms with van der Waals surface area (Å²) in [6.45, 7) is 8.87. The SMILES string of the molecule is CCc1cnc(C)nc1NCc1cnc(C)cc1C. The Morgan fingerprint density at radius 3 is 2.47 bits per heavy atom. The average molecular weight is 256 g/mol. The third-order valence-electron chi connectivity index (χ3n) is 3.17. The molecule has 4 nitrogen and oxygen atoms in total. The molecule has 0 amide bonds. The molecular weight excluding hydrogens is 236 g/mol. The number of anilines is 1. The minimum atomic E-state index is 0.739. The number of aryl methyl sites for hydroxylation is 4. The van der Waals surface area contributed by atoms with Crippen molar-refractivity contribution < 1.29 is 0 Å². The second-order valence-electron chi connectivity index (χ2n) is 4.75. The molecule has 2 rings (SSSR count). The number of nitrogens with one attached hydrogen (secondary N) is 1. The van der Waals surface area contributed by atoms with Gasteiger partial charge in [-0.25, -0.2) is 9.97 Å². The van der Waals surface area contributed by atoms with Gasteiger partial charge in [-0.3, -0.25) is 4.98 Å². The predicted molar refractivity (Wildman–Crippen MR) is 77.2 cm³/mol. The molecule has 0 spiro atoms. The van der Waals surface area contributed by atoms with E-state index in [1.165, 1.54) is 11.1 Å². The van der Waals surface area contributed by atoms with E-state index in [-0.39, 0.29) is 0 Å². The highest BCUT2D eigenvalue weighted by atomic mass is 15.0. The third kappa shape index (κ3) is 3.28. The van der Waals surface area contributed by atoms with Crippen LogP contribution in [0.1, 0.15) is 35.1 Å². The molecule has 0 aliphatic carbocycles. The van der Waals surface area contributed by atoms with Crippen LogP contribution in [0.3, 0.4) is 0 Å². The number of pyridine rings is 1. The molecule has 0 bridgehead atoms. The Morgan fingerprint density at radius 1 is 1.05 bits per heavy atom. The summed E-state index contributed by atoms with van der Waals surface area (Å²) in [6.07, 6.45) is 4.75. The fourth-order valence-electron chi connectivity index (χ4n) is 2.00. The lowest BCUT2D eigenvalue weighted by Gasteiger charge is -2.11. The zero-order valence-corrected chi connectivity index (χ0v) is 12.0. The Kier molecular flexibility index (Phi) is 4.10. The van der Waals surface area contributed by atoms with Gasteiger partial charge in [0.1, 0.15) is 11.6 Å². The van der Waals surface area contributed by atoms with Crippen LogP contribution in [0.25, 0.3) is 0 Å². The fraction of sp³-hybridized carbons (Fsp3) is 0.400. The molecule has 0 fully saturated rings. The van der Waals surface area contributed by atoms with Crippen molar-refractivity contribution in [3.05, 3.63) is 46.7 Å². The third-order valence-corrected chi connectivity index (χ3v) is 3.17. The number of rotatable bonds is 4. The summed E-state index contributed by atoms with van der Waals surface area (Å²) >= 11 is 0. The molecule has 0 saturated carbocycles. The molecule has 0 saturated heterocycles. The van der Waals surface area contributed by atoms with Gasteiger partial charge in [0.05, 0.1) is 0 Å². The lowest BCUT2D eigenvalue weighted by Crippen LogP contribution is -2.07. The summed E-state index contributed by atoms with van der Waals surface area (Å²) < 4.78 is 0. The molecule has 2 aromatic heterocycles. The molecule has 4 heteroatoms. The van der Waals surface area contributed by atoms with Crippen LogP contribution in [0.4, 0.5) is 5.82 Å². The predicted octanol–water partition coefficient (Wildman–Crippen LogP) is 2.97. The van der Waals surface area contributed by atoms with Crippen molar-refractivity contribution in [3.8, 4) is 0 Å². The van der Waals surface area contributed by atoms with Crippen LogP contribution in [-0.2, 0) is 13.0 Å². The highest BCUT2D eigenvalue weighted by Crippen LogP contribution is 2.15. The molecule has 0 aliphatic rings. The number of nitrogens with zero attached hydrogens (tertiary/aromatic N) is 3. The zero-order valence-electron chi connectivity index (χ0n) is 12.0. The lowest BCUT2D eigenvalue weighted by atomic mass is 10.1. The van der Waals surface area contributed by atoms with Crippen LogP contribution in [-0.4, -0.2) is 15.0 Å². The van der Waals surface area contributed by atoms with Gasteiger partial charge in [0.25, 0.3) is 0 Å². The summed E-state index contributed by atoms with van der Waals surface area (Å²) in [4.78, 5) is 13.0. The summed E-state index contributed by atoms with van der Waals surface area (Å²) in [5.41, 5.74) is 4.64. The van der Waals surface area contributed by atoms with Gasteiger partial charge in [-0.05, 0) is 44.4 Å². The molecule has 0 radical (unpaired) electrons. The van der Waals surface area contributed by atoms with Gasteiger partial charge in [-0.1, -0.05) is 6.92 Å². The van der Waals surface area contributed by atoms with E-state index in [1.807, 2.05) is 26.2 Å². The van der Waals surface area contributed by atoms with E-state index in [0.717, 1.165) is 35.9 Å². The molecule has 0 aliphatic heterocycles. The quantitative estimate of drug-likeness (QED) is 0.913. The first-order valence-corrected chi connectivity index (χ1v) is 6.58. The van der Waals surface area contributed by atoms with E-state index in [9.17, 15) is 0 Å². The first-order chi connectivity index (χ1) is 9.10. The monoisotopic (exact) mass is 256 g/mol. The molecule has 0 unspecified atom stereocenters. The molecule has 2 aromatic rings.